The highest BCUT2D eigenvalue weighted by Crippen LogP contribution is 2.28. The summed E-state index contributed by atoms with van der Waals surface area (Å²) in [7, 11) is -3.55. The van der Waals surface area contributed by atoms with Crippen molar-refractivity contribution >= 4 is 21.8 Å². The highest BCUT2D eigenvalue weighted by molar-refractivity contribution is 7.89. The SMILES string of the molecule is CC(C)(C)C(=O)N1CCCC(C(=O)N2CCN(S(=O)(=O)c3ccc4c(c3)CCC4)CC2)C1. The Kier molecular flexibility index (Phi) is 6.38. The number of likely N-dealkylation sites (tertiary alicyclic amines) is 1. The maximum absolute atomic E-state index is 13.2. The zero-order chi connectivity index (χ0) is 23.1. The van der Waals surface area contributed by atoms with E-state index in [-0.39, 0.29) is 17.7 Å². The van der Waals surface area contributed by atoms with Gasteiger partial charge in [-0.25, -0.2) is 8.42 Å². The highest BCUT2D eigenvalue weighted by atomic mass is 32.2. The third-order valence-electron chi connectivity index (χ3n) is 6.96. The molecule has 2 amide bonds. The van der Waals surface area contributed by atoms with Crippen LogP contribution in [0.15, 0.2) is 23.1 Å². The summed E-state index contributed by atoms with van der Waals surface area (Å²) in [5.41, 5.74) is 1.94. The summed E-state index contributed by atoms with van der Waals surface area (Å²) in [6, 6.07) is 5.50. The largest absolute Gasteiger partial charge is 0.341 e. The van der Waals surface area contributed by atoms with Crippen molar-refractivity contribution in [1.82, 2.24) is 14.1 Å². The van der Waals surface area contributed by atoms with E-state index in [0.29, 0.717) is 44.2 Å². The first-order valence-electron chi connectivity index (χ1n) is 11.8. The summed E-state index contributed by atoms with van der Waals surface area (Å²) in [5, 5.41) is 0. The summed E-state index contributed by atoms with van der Waals surface area (Å²) in [4.78, 5) is 29.8. The molecule has 1 aromatic carbocycles. The predicted octanol–water partition coefficient (Wildman–Crippen LogP) is 2.29. The molecule has 176 valence electrons. The molecule has 1 atom stereocenters. The normalized spacial score (nSPS) is 22.7. The number of amides is 2. The number of sulfonamides is 1. The fourth-order valence-electron chi connectivity index (χ4n) is 5.10. The van der Waals surface area contributed by atoms with E-state index >= 15 is 0 Å². The Morgan fingerprint density at radius 3 is 2.28 bits per heavy atom. The average Bonchev–Trinajstić information content (AvgIpc) is 3.25. The summed E-state index contributed by atoms with van der Waals surface area (Å²) in [6.45, 7) is 8.28. The molecule has 2 heterocycles. The van der Waals surface area contributed by atoms with Gasteiger partial charge in [0.25, 0.3) is 0 Å². The monoisotopic (exact) mass is 461 g/mol. The summed E-state index contributed by atoms with van der Waals surface area (Å²) < 4.78 is 27.8. The quantitative estimate of drug-likeness (QED) is 0.692. The second-order valence-electron chi connectivity index (χ2n) is 10.4. The number of hydrogen-bond donors (Lipinski definition) is 0. The van der Waals surface area contributed by atoms with Crippen LogP contribution >= 0.6 is 0 Å². The molecule has 7 nitrogen and oxygen atoms in total. The van der Waals surface area contributed by atoms with Crippen molar-refractivity contribution in [3.63, 3.8) is 0 Å². The van der Waals surface area contributed by atoms with Crippen LogP contribution in [0.25, 0.3) is 0 Å². The van der Waals surface area contributed by atoms with Gasteiger partial charge in [-0.15, -0.1) is 0 Å². The minimum atomic E-state index is -3.55. The Labute approximate surface area is 191 Å². The Morgan fingerprint density at radius 2 is 1.59 bits per heavy atom. The van der Waals surface area contributed by atoms with Gasteiger partial charge in [0.1, 0.15) is 0 Å². The molecule has 8 heteroatoms. The van der Waals surface area contributed by atoms with E-state index in [2.05, 4.69) is 0 Å². The van der Waals surface area contributed by atoms with Crippen molar-refractivity contribution < 1.29 is 18.0 Å². The van der Waals surface area contributed by atoms with Crippen LogP contribution < -0.4 is 0 Å². The molecule has 0 spiro atoms. The number of piperidine rings is 1. The summed E-state index contributed by atoms with van der Waals surface area (Å²) >= 11 is 0. The van der Waals surface area contributed by atoms with Gasteiger partial charge in [-0.1, -0.05) is 26.8 Å². The maximum Gasteiger partial charge on any atom is 0.243 e. The molecule has 3 aliphatic rings. The minimum Gasteiger partial charge on any atom is -0.341 e. The van der Waals surface area contributed by atoms with E-state index in [0.717, 1.165) is 37.7 Å². The predicted molar refractivity (Wildman–Crippen MR) is 123 cm³/mol. The molecule has 32 heavy (non-hydrogen) atoms. The first-order chi connectivity index (χ1) is 15.1. The smallest absolute Gasteiger partial charge is 0.243 e. The second-order valence-corrected chi connectivity index (χ2v) is 12.3. The number of carbonyl (C=O) groups is 2. The first kappa shape index (κ1) is 23.2. The van der Waals surface area contributed by atoms with Crippen LogP contribution in [0, 0.1) is 11.3 Å². The van der Waals surface area contributed by atoms with Gasteiger partial charge in [-0.3, -0.25) is 9.59 Å². The van der Waals surface area contributed by atoms with E-state index in [4.69, 9.17) is 0 Å². The molecule has 0 aromatic heterocycles. The second kappa shape index (κ2) is 8.78. The van der Waals surface area contributed by atoms with E-state index in [1.54, 1.807) is 11.0 Å². The van der Waals surface area contributed by atoms with Gasteiger partial charge in [0.05, 0.1) is 10.8 Å². The van der Waals surface area contributed by atoms with E-state index in [1.165, 1.54) is 9.87 Å². The molecule has 2 saturated heterocycles. The zero-order valence-corrected chi connectivity index (χ0v) is 20.3. The molecule has 1 aromatic rings. The van der Waals surface area contributed by atoms with Gasteiger partial charge in [-0.05, 0) is 55.4 Å². The molecule has 1 aliphatic carbocycles. The Balaban J connectivity index is 1.37. The van der Waals surface area contributed by atoms with E-state index < -0.39 is 15.4 Å². The lowest BCUT2D eigenvalue weighted by Gasteiger charge is -2.40. The number of rotatable bonds is 3. The van der Waals surface area contributed by atoms with Crippen LogP contribution in [0.1, 0.15) is 51.2 Å². The minimum absolute atomic E-state index is 0.0472. The van der Waals surface area contributed by atoms with Gasteiger partial charge in [-0.2, -0.15) is 4.31 Å². The fourth-order valence-corrected chi connectivity index (χ4v) is 6.58. The zero-order valence-electron chi connectivity index (χ0n) is 19.5. The van der Waals surface area contributed by atoms with Crippen molar-refractivity contribution in [2.75, 3.05) is 39.3 Å². The van der Waals surface area contributed by atoms with E-state index in [1.807, 2.05) is 37.8 Å². The standard InChI is InChI=1S/C24H35N3O4S/c1-24(2,3)23(29)26-11-5-8-20(17-26)22(28)25-12-14-27(15-13-25)32(30,31)21-10-9-18-6-4-7-19(18)16-21/h9-10,16,20H,4-8,11-15,17H2,1-3H3. The number of fused-ring (bicyclic) bond motifs is 1. The number of nitrogens with zero attached hydrogens (tertiary/aromatic N) is 3. The van der Waals surface area contributed by atoms with Crippen molar-refractivity contribution in [2.45, 2.75) is 57.8 Å². The first-order valence-corrected chi connectivity index (χ1v) is 13.2. The van der Waals surface area contributed by atoms with Gasteiger partial charge < -0.3 is 9.80 Å². The summed E-state index contributed by atoms with van der Waals surface area (Å²) in [5.74, 6) is -0.0684. The molecular formula is C24H35N3O4S. The van der Waals surface area contributed by atoms with Crippen LogP contribution in [0.5, 0.6) is 0 Å². The van der Waals surface area contributed by atoms with Crippen molar-refractivity contribution in [3.05, 3.63) is 29.3 Å². The molecule has 0 radical (unpaired) electrons. The number of carbonyl (C=O) groups excluding carboxylic acids is 2. The lowest BCUT2D eigenvalue weighted by atomic mass is 9.90. The molecule has 0 N–H and O–H groups in total. The number of hydrogen-bond acceptors (Lipinski definition) is 4. The Bertz CT molecular complexity index is 991. The van der Waals surface area contributed by atoms with Crippen LogP contribution in [-0.2, 0) is 32.5 Å². The number of benzene rings is 1. The molecule has 2 aliphatic heterocycles. The third kappa shape index (κ3) is 4.57. The van der Waals surface area contributed by atoms with Crippen LogP contribution in [-0.4, -0.2) is 73.6 Å². The Morgan fingerprint density at radius 1 is 0.906 bits per heavy atom. The van der Waals surface area contributed by atoms with Crippen LogP contribution in [0.4, 0.5) is 0 Å². The molecule has 4 rings (SSSR count). The van der Waals surface area contributed by atoms with Crippen molar-refractivity contribution in [3.8, 4) is 0 Å². The van der Waals surface area contributed by atoms with Gasteiger partial charge in [0.15, 0.2) is 0 Å². The van der Waals surface area contributed by atoms with Crippen molar-refractivity contribution in [2.24, 2.45) is 11.3 Å². The summed E-state index contributed by atoms with van der Waals surface area (Å²) in [6.07, 6.45) is 4.65. The molecular weight excluding hydrogens is 426 g/mol. The van der Waals surface area contributed by atoms with Gasteiger partial charge in [0.2, 0.25) is 21.8 Å². The van der Waals surface area contributed by atoms with E-state index in [9.17, 15) is 18.0 Å². The number of piperazine rings is 1. The molecule has 2 fully saturated rings. The fraction of sp³-hybridized carbons (Fsp3) is 0.667. The maximum atomic E-state index is 13.2. The Hall–Kier alpha value is -1.93. The van der Waals surface area contributed by atoms with Crippen LogP contribution in [0.3, 0.4) is 0 Å². The lowest BCUT2D eigenvalue weighted by molar-refractivity contribution is -0.145. The topological polar surface area (TPSA) is 78.0 Å². The van der Waals surface area contributed by atoms with Crippen LogP contribution in [0.2, 0.25) is 0 Å². The van der Waals surface area contributed by atoms with Gasteiger partial charge in [0, 0.05) is 44.7 Å². The lowest BCUT2D eigenvalue weighted by Crippen LogP contribution is -2.54. The molecule has 0 bridgehead atoms. The van der Waals surface area contributed by atoms with Crippen molar-refractivity contribution in [1.29, 1.82) is 0 Å². The molecule has 0 saturated carbocycles. The average molecular weight is 462 g/mol. The molecule has 1 unspecified atom stereocenters. The van der Waals surface area contributed by atoms with Gasteiger partial charge >= 0.3 is 0 Å². The number of aryl methyl sites for hydroxylation is 2. The third-order valence-corrected chi connectivity index (χ3v) is 8.85. The highest BCUT2D eigenvalue weighted by Gasteiger charge is 2.37.